The van der Waals surface area contributed by atoms with Crippen molar-refractivity contribution in [1.29, 1.82) is 0 Å². The number of hydrogen-bond donors (Lipinski definition) is 0. The summed E-state index contributed by atoms with van der Waals surface area (Å²) in [6.07, 6.45) is 0.834. The van der Waals surface area contributed by atoms with E-state index in [0.717, 1.165) is 17.5 Å². The van der Waals surface area contributed by atoms with Gasteiger partial charge < -0.3 is 9.64 Å². The maximum atomic E-state index is 13.5. The predicted molar refractivity (Wildman–Crippen MR) is 107 cm³/mol. The van der Waals surface area contributed by atoms with Crippen LogP contribution < -0.4 is 4.74 Å². The van der Waals surface area contributed by atoms with Crippen LogP contribution in [0.2, 0.25) is 5.02 Å². The molecule has 136 valence electrons. The molecule has 1 atom stereocenters. The zero-order valence-electron chi connectivity index (χ0n) is 15.1. The number of nitrogens with zero attached hydrogens (tertiary/aromatic N) is 1. The molecule has 1 amide bonds. The van der Waals surface area contributed by atoms with Crippen LogP contribution in [0.5, 0.6) is 5.75 Å². The van der Waals surface area contributed by atoms with Gasteiger partial charge in [0.1, 0.15) is 5.75 Å². The summed E-state index contributed by atoms with van der Waals surface area (Å²) in [7, 11) is 1.59. The number of amides is 1. The van der Waals surface area contributed by atoms with Gasteiger partial charge in [0.2, 0.25) is 0 Å². The highest BCUT2D eigenvalue weighted by atomic mass is 35.5. The van der Waals surface area contributed by atoms with Gasteiger partial charge in [-0.3, -0.25) is 4.79 Å². The Balaban J connectivity index is 1.81. The van der Waals surface area contributed by atoms with E-state index >= 15 is 0 Å². The van der Waals surface area contributed by atoms with E-state index < -0.39 is 0 Å². The van der Waals surface area contributed by atoms with E-state index in [2.05, 4.69) is 18.2 Å². The highest BCUT2D eigenvalue weighted by Gasteiger charge is 2.33. The van der Waals surface area contributed by atoms with E-state index in [9.17, 15) is 4.79 Å². The van der Waals surface area contributed by atoms with Gasteiger partial charge in [0.15, 0.2) is 0 Å². The molecule has 0 saturated heterocycles. The van der Waals surface area contributed by atoms with E-state index in [-0.39, 0.29) is 11.9 Å². The SMILES string of the molecule is COc1ccccc1C(=O)N1CCc2ccccc2[C@@H]1c1ccc(Cl)cc1. The molecule has 3 aromatic rings. The molecular weight excluding hydrogens is 358 g/mol. The molecule has 0 unspecified atom stereocenters. The molecular formula is C23H20ClNO2. The van der Waals surface area contributed by atoms with Gasteiger partial charge in [-0.1, -0.05) is 60.1 Å². The molecule has 0 bridgehead atoms. The average Bonchev–Trinajstić information content (AvgIpc) is 2.73. The Bertz CT molecular complexity index is 968. The normalized spacial score (nSPS) is 15.9. The van der Waals surface area contributed by atoms with E-state index in [1.54, 1.807) is 7.11 Å². The molecule has 1 aliphatic heterocycles. The third-order valence-corrected chi connectivity index (χ3v) is 5.32. The Morgan fingerprint density at radius 2 is 1.70 bits per heavy atom. The fourth-order valence-corrected chi connectivity index (χ4v) is 3.89. The van der Waals surface area contributed by atoms with Crippen molar-refractivity contribution in [2.24, 2.45) is 0 Å². The molecule has 1 aliphatic rings. The average molecular weight is 378 g/mol. The van der Waals surface area contributed by atoms with Crippen molar-refractivity contribution in [3.8, 4) is 5.75 Å². The molecule has 3 aromatic carbocycles. The predicted octanol–water partition coefficient (Wildman–Crippen LogP) is 5.14. The van der Waals surface area contributed by atoms with Crippen molar-refractivity contribution in [3.63, 3.8) is 0 Å². The zero-order valence-corrected chi connectivity index (χ0v) is 15.8. The second-order valence-electron chi connectivity index (χ2n) is 6.60. The number of ether oxygens (including phenoxy) is 1. The maximum Gasteiger partial charge on any atom is 0.258 e. The van der Waals surface area contributed by atoms with Crippen LogP contribution in [0.3, 0.4) is 0 Å². The molecule has 0 aromatic heterocycles. The van der Waals surface area contributed by atoms with Crippen molar-refractivity contribution in [3.05, 3.63) is 100 Å². The quantitative estimate of drug-likeness (QED) is 0.632. The molecule has 4 heteroatoms. The van der Waals surface area contributed by atoms with Crippen LogP contribution in [-0.4, -0.2) is 24.5 Å². The van der Waals surface area contributed by atoms with Gasteiger partial charge in [0.05, 0.1) is 18.7 Å². The monoisotopic (exact) mass is 377 g/mol. The number of hydrogen-bond acceptors (Lipinski definition) is 2. The summed E-state index contributed by atoms with van der Waals surface area (Å²) in [5, 5.41) is 0.686. The summed E-state index contributed by atoms with van der Waals surface area (Å²) in [6, 6.07) is 23.3. The lowest BCUT2D eigenvalue weighted by atomic mass is 9.87. The Kier molecular flexibility index (Phi) is 4.87. The summed E-state index contributed by atoms with van der Waals surface area (Å²) >= 11 is 6.09. The maximum absolute atomic E-state index is 13.5. The van der Waals surface area contributed by atoms with Gasteiger partial charge >= 0.3 is 0 Å². The second-order valence-corrected chi connectivity index (χ2v) is 7.04. The number of fused-ring (bicyclic) bond motifs is 1. The lowest BCUT2D eigenvalue weighted by molar-refractivity contribution is 0.0691. The van der Waals surface area contributed by atoms with Gasteiger partial charge in [0, 0.05) is 11.6 Å². The van der Waals surface area contributed by atoms with Crippen molar-refractivity contribution in [2.45, 2.75) is 12.5 Å². The molecule has 0 aliphatic carbocycles. The fourth-order valence-electron chi connectivity index (χ4n) is 3.77. The number of methoxy groups -OCH3 is 1. The summed E-state index contributed by atoms with van der Waals surface area (Å²) in [6.45, 7) is 0.654. The van der Waals surface area contributed by atoms with E-state index in [1.165, 1.54) is 5.56 Å². The number of para-hydroxylation sites is 1. The molecule has 4 rings (SSSR count). The standard InChI is InChI=1S/C23H20ClNO2/c1-27-21-9-5-4-8-20(21)23(26)25-15-14-16-6-2-3-7-19(16)22(25)17-10-12-18(24)13-11-17/h2-13,22H,14-15H2,1H3/t22-/m0/s1. The summed E-state index contributed by atoms with van der Waals surface area (Å²) in [5.74, 6) is 0.568. The van der Waals surface area contributed by atoms with E-state index in [1.807, 2.05) is 59.5 Å². The number of benzene rings is 3. The van der Waals surface area contributed by atoms with Crippen molar-refractivity contribution in [1.82, 2.24) is 4.90 Å². The van der Waals surface area contributed by atoms with Crippen molar-refractivity contribution < 1.29 is 9.53 Å². The highest BCUT2D eigenvalue weighted by Crippen LogP contribution is 2.37. The number of carbonyl (C=O) groups excluding carboxylic acids is 1. The first-order valence-corrected chi connectivity index (χ1v) is 9.34. The van der Waals surface area contributed by atoms with E-state index in [0.29, 0.717) is 22.9 Å². The highest BCUT2D eigenvalue weighted by molar-refractivity contribution is 6.30. The molecule has 0 N–H and O–H groups in total. The molecule has 0 saturated carbocycles. The molecule has 0 fully saturated rings. The summed E-state index contributed by atoms with van der Waals surface area (Å²) < 4.78 is 5.42. The summed E-state index contributed by atoms with van der Waals surface area (Å²) in [5.41, 5.74) is 4.07. The second kappa shape index (κ2) is 7.45. The Hall–Kier alpha value is -2.78. The van der Waals surface area contributed by atoms with Crippen molar-refractivity contribution >= 4 is 17.5 Å². The van der Waals surface area contributed by atoms with Crippen LogP contribution in [0, 0.1) is 0 Å². The molecule has 0 spiro atoms. The largest absolute Gasteiger partial charge is 0.496 e. The Labute approximate surface area is 164 Å². The Morgan fingerprint density at radius 1 is 1.00 bits per heavy atom. The lowest BCUT2D eigenvalue weighted by Gasteiger charge is -2.38. The molecule has 1 heterocycles. The molecule has 0 radical (unpaired) electrons. The number of halogens is 1. The first-order valence-electron chi connectivity index (χ1n) is 8.96. The van der Waals surface area contributed by atoms with Gasteiger partial charge in [-0.05, 0) is 47.4 Å². The fraction of sp³-hybridized carbons (Fsp3) is 0.174. The third-order valence-electron chi connectivity index (χ3n) is 5.07. The smallest absolute Gasteiger partial charge is 0.258 e. The van der Waals surface area contributed by atoms with Crippen LogP contribution in [0.25, 0.3) is 0 Å². The topological polar surface area (TPSA) is 29.5 Å². The van der Waals surface area contributed by atoms with Crippen LogP contribution in [0.4, 0.5) is 0 Å². The molecule has 3 nitrogen and oxygen atoms in total. The number of carbonyl (C=O) groups is 1. The van der Waals surface area contributed by atoms with Gasteiger partial charge in [-0.25, -0.2) is 0 Å². The third kappa shape index (κ3) is 3.31. The van der Waals surface area contributed by atoms with Gasteiger partial charge in [0.25, 0.3) is 5.91 Å². The van der Waals surface area contributed by atoms with E-state index in [4.69, 9.17) is 16.3 Å². The number of rotatable bonds is 3. The van der Waals surface area contributed by atoms with Crippen LogP contribution >= 0.6 is 11.6 Å². The Morgan fingerprint density at radius 3 is 2.48 bits per heavy atom. The van der Waals surface area contributed by atoms with Crippen LogP contribution in [-0.2, 0) is 6.42 Å². The van der Waals surface area contributed by atoms with Crippen LogP contribution in [0.1, 0.15) is 33.1 Å². The minimum absolute atomic E-state index is 0.0260. The zero-order chi connectivity index (χ0) is 18.8. The first kappa shape index (κ1) is 17.6. The van der Waals surface area contributed by atoms with Gasteiger partial charge in [-0.15, -0.1) is 0 Å². The van der Waals surface area contributed by atoms with Gasteiger partial charge in [-0.2, -0.15) is 0 Å². The summed E-state index contributed by atoms with van der Waals surface area (Å²) in [4.78, 5) is 15.4. The molecule has 27 heavy (non-hydrogen) atoms. The minimum Gasteiger partial charge on any atom is -0.496 e. The lowest BCUT2D eigenvalue weighted by Crippen LogP contribution is -2.40. The van der Waals surface area contributed by atoms with Crippen molar-refractivity contribution in [2.75, 3.05) is 13.7 Å². The van der Waals surface area contributed by atoms with Crippen LogP contribution in [0.15, 0.2) is 72.8 Å². The first-order chi connectivity index (χ1) is 13.2. The minimum atomic E-state index is -0.148.